The van der Waals surface area contributed by atoms with Crippen LogP contribution in [0.3, 0.4) is 0 Å². The lowest BCUT2D eigenvalue weighted by Crippen LogP contribution is -2.15. The van der Waals surface area contributed by atoms with E-state index in [0.717, 1.165) is 11.3 Å². The van der Waals surface area contributed by atoms with Gasteiger partial charge in [-0.05, 0) is 49.2 Å². The number of fused-ring (bicyclic) bond motifs is 1. The molecule has 29 heavy (non-hydrogen) atoms. The third kappa shape index (κ3) is 3.69. The highest BCUT2D eigenvalue weighted by atomic mass is 32.2. The molecule has 0 aliphatic heterocycles. The predicted molar refractivity (Wildman–Crippen MR) is 114 cm³/mol. The van der Waals surface area contributed by atoms with Gasteiger partial charge in [0.15, 0.2) is 0 Å². The van der Waals surface area contributed by atoms with E-state index in [1.165, 1.54) is 6.20 Å². The molecule has 2 aromatic carbocycles. The number of nitrogens with one attached hydrogen (secondary N) is 1. The number of anilines is 1. The molecule has 2 heterocycles. The van der Waals surface area contributed by atoms with Crippen LogP contribution in [0.15, 0.2) is 78.0 Å². The van der Waals surface area contributed by atoms with Gasteiger partial charge in [0.1, 0.15) is 5.75 Å². The van der Waals surface area contributed by atoms with Gasteiger partial charge in [-0.1, -0.05) is 36.4 Å². The first-order chi connectivity index (χ1) is 14.0. The standard InChI is InChI=1S/C22H21N3O3S/c1-3-28-18-12-10-17(11-13-18)19-8-6-7-16(2)22(19)29(26,27)24-20-15-23-25-14-5-4-9-21(20)25/h4-15,24H,3H2,1-2H3. The SMILES string of the molecule is CCOc1ccc(-c2cccc(C)c2S(=O)(=O)Nc2cnn3ccccc23)cc1. The number of nitrogens with zero attached hydrogens (tertiary/aromatic N) is 2. The van der Waals surface area contributed by atoms with Crippen LogP contribution in [-0.4, -0.2) is 24.6 Å². The Labute approximate surface area is 169 Å². The van der Waals surface area contributed by atoms with Crippen molar-refractivity contribution >= 4 is 21.2 Å². The normalized spacial score (nSPS) is 11.5. The Morgan fingerprint density at radius 1 is 1.03 bits per heavy atom. The van der Waals surface area contributed by atoms with Gasteiger partial charge < -0.3 is 4.74 Å². The maximum atomic E-state index is 13.4. The highest BCUT2D eigenvalue weighted by molar-refractivity contribution is 7.93. The molecule has 0 radical (unpaired) electrons. The summed E-state index contributed by atoms with van der Waals surface area (Å²) >= 11 is 0. The zero-order valence-corrected chi connectivity index (χ0v) is 17.0. The lowest BCUT2D eigenvalue weighted by Gasteiger charge is -2.15. The number of rotatable bonds is 6. The maximum Gasteiger partial charge on any atom is 0.262 e. The number of pyridine rings is 1. The third-order valence-corrected chi connectivity index (χ3v) is 6.20. The van der Waals surface area contributed by atoms with Crippen molar-refractivity contribution in [1.82, 2.24) is 9.61 Å². The summed E-state index contributed by atoms with van der Waals surface area (Å²) in [4.78, 5) is 0.249. The van der Waals surface area contributed by atoms with Gasteiger partial charge in [-0.25, -0.2) is 12.9 Å². The third-order valence-electron chi connectivity index (χ3n) is 4.63. The molecule has 0 atom stereocenters. The molecule has 4 aromatic rings. The summed E-state index contributed by atoms with van der Waals surface area (Å²) in [5, 5.41) is 4.20. The van der Waals surface area contributed by atoms with Gasteiger partial charge in [-0.3, -0.25) is 4.72 Å². The minimum Gasteiger partial charge on any atom is -0.494 e. The molecule has 0 saturated heterocycles. The first-order valence-electron chi connectivity index (χ1n) is 9.27. The van der Waals surface area contributed by atoms with Gasteiger partial charge in [0, 0.05) is 11.8 Å². The van der Waals surface area contributed by atoms with E-state index < -0.39 is 10.0 Å². The summed E-state index contributed by atoms with van der Waals surface area (Å²) in [6.07, 6.45) is 3.29. The Bertz CT molecular complexity index is 1260. The summed E-state index contributed by atoms with van der Waals surface area (Å²) in [6, 6.07) is 18.4. The monoisotopic (exact) mass is 407 g/mol. The van der Waals surface area contributed by atoms with Gasteiger partial charge >= 0.3 is 0 Å². The molecule has 1 N–H and O–H groups in total. The molecule has 4 rings (SSSR count). The minimum absolute atomic E-state index is 0.249. The fourth-order valence-corrected chi connectivity index (χ4v) is 4.86. The molecule has 0 aliphatic rings. The number of aromatic nitrogens is 2. The fourth-order valence-electron chi connectivity index (χ4n) is 3.34. The van der Waals surface area contributed by atoms with Crippen molar-refractivity contribution in [3.05, 3.63) is 78.6 Å². The summed E-state index contributed by atoms with van der Waals surface area (Å²) < 4.78 is 36.5. The number of benzene rings is 2. The van der Waals surface area contributed by atoms with Crippen molar-refractivity contribution in [2.45, 2.75) is 18.7 Å². The van der Waals surface area contributed by atoms with Crippen LogP contribution in [-0.2, 0) is 10.0 Å². The highest BCUT2D eigenvalue weighted by Gasteiger charge is 2.23. The van der Waals surface area contributed by atoms with E-state index in [1.54, 1.807) is 23.7 Å². The molecule has 0 fully saturated rings. The summed E-state index contributed by atoms with van der Waals surface area (Å²) in [7, 11) is -3.84. The van der Waals surface area contributed by atoms with E-state index in [4.69, 9.17) is 4.74 Å². The molecule has 148 valence electrons. The van der Waals surface area contributed by atoms with Gasteiger partial charge in [0.2, 0.25) is 0 Å². The van der Waals surface area contributed by atoms with Crippen LogP contribution in [0.25, 0.3) is 16.6 Å². The Morgan fingerprint density at radius 3 is 2.59 bits per heavy atom. The lowest BCUT2D eigenvalue weighted by atomic mass is 10.0. The fraction of sp³-hybridized carbons (Fsp3) is 0.136. The first kappa shape index (κ1) is 19.0. The molecular weight excluding hydrogens is 386 g/mol. The van der Waals surface area contributed by atoms with E-state index in [9.17, 15) is 8.42 Å². The van der Waals surface area contributed by atoms with Crippen LogP contribution in [0.5, 0.6) is 5.75 Å². The highest BCUT2D eigenvalue weighted by Crippen LogP contribution is 2.33. The van der Waals surface area contributed by atoms with E-state index in [1.807, 2.05) is 61.5 Å². The average Bonchev–Trinajstić information content (AvgIpc) is 3.11. The molecule has 0 bridgehead atoms. The second kappa shape index (κ2) is 7.60. The summed E-state index contributed by atoms with van der Waals surface area (Å²) in [5.41, 5.74) is 3.23. The van der Waals surface area contributed by atoms with Crippen LogP contribution in [0, 0.1) is 6.92 Å². The lowest BCUT2D eigenvalue weighted by molar-refractivity contribution is 0.340. The number of hydrogen-bond donors (Lipinski definition) is 1. The maximum absolute atomic E-state index is 13.4. The predicted octanol–water partition coefficient (Wildman–Crippen LogP) is 4.51. The van der Waals surface area contributed by atoms with Crippen LogP contribution < -0.4 is 9.46 Å². The number of aryl methyl sites for hydroxylation is 1. The summed E-state index contributed by atoms with van der Waals surface area (Å²) in [6.45, 7) is 4.29. The molecule has 0 unspecified atom stereocenters. The summed E-state index contributed by atoms with van der Waals surface area (Å²) in [5.74, 6) is 0.748. The molecule has 2 aromatic heterocycles. The molecule has 0 aliphatic carbocycles. The number of sulfonamides is 1. The Balaban J connectivity index is 1.77. The zero-order valence-electron chi connectivity index (χ0n) is 16.2. The van der Waals surface area contributed by atoms with E-state index in [2.05, 4.69) is 9.82 Å². The van der Waals surface area contributed by atoms with Gasteiger partial charge in [0.25, 0.3) is 10.0 Å². The topological polar surface area (TPSA) is 72.7 Å². The molecule has 0 amide bonds. The van der Waals surface area contributed by atoms with Crippen LogP contribution in [0.4, 0.5) is 5.69 Å². The van der Waals surface area contributed by atoms with Crippen LogP contribution in [0.2, 0.25) is 0 Å². The Kier molecular flexibility index (Phi) is 4.98. The van der Waals surface area contributed by atoms with Crippen molar-refractivity contribution in [3.8, 4) is 16.9 Å². The smallest absolute Gasteiger partial charge is 0.262 e. The van der Waals surface area contributed by atoms with Crippen molar-refractivity contribution in [2.75, 3.05) is 11.3 Å². The molecule has 0 spiro atoms. The Morgan fingerprint density at radius 2 is 1.83 bits per heavy atom. The Hall–Kier alpha value is -3.32. The second-order valence-electron chi connectivity index (χ2n) is 6.60. The van der Waals surface area contributed by atoms with E-state index in [0.29, 0.717) is 28.9 Å². The largest absolute Gasteiger partial charge is 0.494 e. The minimum atomic E-state index is -3.84. The quantitative estimate of drug-likeness (QED) is 0.510. The zero-order chi connectivity index (χ0) is 20.4. The molecule has 6 nitrogen and oxygen atoms in total. The van der Waals surface area contributed by atoms with Crippen LogP contribution in [0.1, 0.15) is 12.5 Å². The molecule has 0 saturated carbocycles. The number of ether oxygens (including phenoxy) is 1. The van der Waals surface area contributed by atoms with E-state index >= 15 is 0 Å². The van der Waals surface area contributed by atoms with Crippen molar-refractivity contribution in [3.63, 3.8) is 0 Å². The number of hydrogen-bond acceptors (Lipinski definition) is 4. The van der Waals surface area contributed by atoms with Crippen LogP contribution >= 0.6 is 0 Å². The van der Waals surface area contributed by atoms with Gasteiger partial charge in [-0.2, -0.15) is 5.10 Å². The average molecular weight is 407 g/mol. The first-order valence-corrected chi connectivity index (χ1v) is 10.8. The van der Waals surface area contributed by atoms with Gasteiger partial charge in [0.05, 0.1) is 28.9 Å². The van der Waals surface area contributed by atoms with Crippen molar-refractivity contribution in [1.29, 1.82) is 0 Å². The van der Waals surface area contributed by atoms with Gasteiger partial charge in [-0.15, -0.1) is 0 Å². The van der Waals surface area contributed by atoms with Crippen molar-refractivity contribution < 1.29 is 13.2 Å². The molecule has 7 heteroatoms. The van der Waals surface area contributed by atoms with E-state index in [-0.39, 0.29) is 4.90 Å². The second-order valence-corrected chi connectivity index (χ2v) is 8.22. The van der Waals surface area contributed by atoms with Crippen molar-refractivity contribution in [2.24, 2.45) is 0 Å². The molecular formula is C22H21N3O3S.